The van der Waals surface area contributed by atoms with Crippen LogP contribution >= 0.6 is 11.8 Å². The molecule has 0 atom stereocenters. The lowest BCUT2D eigenvalue weighted by Gasteiger charge is -2.13. The third kappa shape index (κ3) is 3.71. The number of anilines is 3. The van der Waals surface area contributed by atoms with Crippen LogP contribution in [-0.4, -0.2) is 23.3 Å². The maximum absolute atomic E-state index is 9.74. The molecule has 0 spiro atoms. The second-order valence-electron chi connectivity index (χ2n) is 5.38. The van der Waals surface area contributed by atoms with E-state index in [0.717, 1.165) is 11.3 Å². The van der Waals surface area contributed by atoms with Gasteiger partial charge >= 0.3 is 0 Å². The van der Waals surface area contributed by atoms with E-state index >= 15 is 0 Å². The molecule has 3 N–H and O–H groups in total. The summed E-state index contributed by atoms with van der Waals surface area (Å²) in [6.07, 6.45) is 1.89. The highest BCUT2D eigenvalue weighted by Crippen LogP contribution is 2.31. The van der Waals surface area contributed by atoms with Crippen LogP contribution in [0.3, 0.4) is 0 Å². The van der Waals surface area contributed by atoms with E-state index in [-0.39, 0.29) is 0 Å². The summed E-state index contributed by atoms with van der Waals surface area (Å²) < 4.78 is 5.24. The fraction of sp³-hybridized carbons (Fsp3) is 0.105. The second kappa shape index (κ2) is 7.76. The molecule has 26 heavy (non-hydrogen) atoms. The van der Waals surface area contributed by atoms with Crippen molar-refractivity contribution in [3.63, 3.8) is 0 Å². The van der Waals surface area contributed by atoms with Crippen molar-refractivity contribution in [1.29, 1.82) is 5.26 Å². The zero-order valence-corrected chi connectivity index (χ0v) is 15.2. The summed E-state index contributed by atoms with van der Waals surface area (Å²) in [5.41, 5.74) is 8.94. The van der Waals surface area contributed by atoms with Gasteiger partial charge in [0.2, 0.25) is 0 Å². The standard InChI is InChI=1S/C19H17N5OS/c1-25-15-8-4-7-14(10-15)22-18-16(11-20)17(23-19(24-18)26-2)12-5-3-6-13(21)9-12/h3-10H,21H2,1-2H3,(H,22,23,24). The van der Waals surface area contributed by atoms with Crippen LogP contribution in [0.1, 0.15) is 5.56 Å². The van der Waals surface area contributed by atoms with Crippen LogP contribution in [0.4, 0.5) is 17.2 Å². The number of rotatable bonds is 5. The molecule has 0 amide bonds. The maximum atomic E-state index is 9.74. The van der Waals surface area contributed by atoms with Gasteiger partial charge in [-0.25, -0.2) is 9.97 Å². The van der Waals surface area contributed by atoms with Gasteiger partial charge < -0.3 is 15.8 Å². The van der Waals surface area contributed by atoms with Crippen molar-refractivity contribution >= 4 is 29.0 Å². The van der Waals surface area contributed by atoms with Gasteiger partial charge in [0.05, 0.1) is 12.8 Å². The Morgan fingerprint density at radius 3 is 2.65 bits per heavy atom. The van der Waals surface area contributed by atoms with Crippen LogP contribution < -0.4 is 15.8 Å². The van der Waals surface area contributed by atoms with E-state index in [9.17, 15) is 5.26 Å². The molecule has 0 aliphatic heterocycles. The highest BCUT2D eigenvalue weighted by atomic mass is 32.2. The molecule has 7 heteroatoms. The molecule has 1 heterocycles. The fourth-order valence-corrected chi connectivity index (χ4v) is 2.83. The summed E-state index contributed by atoms with van der Waals surface area (Å²) in [6, 6.07) is 16.9. The second-order valence-corrected chi connectivity index (χ2v) is 6.15. The molecule has 0 bridgehead atoms. The van der Waals surface area contributed by atoms with E-state index in [2.05, 4.69) is 21.4 Å². The van der Waals surface area contributed by atoms with Crippen LogP contribution in [0.25, 0.3) is 11.3 Å². The molecule has 0 saturated carbocycles. The highest BCUT2D eigenvalue weighted by molar-refractivity contribution is 7.98. The van der Waals surface area contributed by atoms with Crippen LogP contribution in [-0.2, 0) is 0 Å². The molecular weight excluding hydrogens is 346 g/mol. The lowest BCUT2D eigenvalue weighted by atomic mass is 10.1. The molecule has 0 unspecified atom stereocenters. The Morgan fingerprint density at radius 1 is 1.15 bits per heavy atom. The van der Waals surface area contributed by atoms with Gasteiger partial charge in [-0.15, -0.1) is 0 Å². The summed E-state index contributed by atoms with van der Waals surface area (Å²) in [4.78, 5) is 8.99. The summed E-state index contributed by atoms with van der Waals surface area (Å²) in [7, 11) is 1.61. The Hall–Kier alpha value is -3.24. The molecule has 1 aromatic heterocycles. The molecule has 0 radical (unpaired) electrons. The highest BCUT2D eigenvalue weighted by Gasteiger charge is 2.16. The molecule has 6 nitrogen and oxygen atoms in total. The average molecular weight is 363 g/mol. The van der Waals surface area contributed by atoms with Gasteiger partial charge in [0.15, 0.2) is 11.0 Å². The van der Waals surface area contributed by atoms with Crippen molar-refractivity contribution in [3.05, 3.63) is 54.1 Å². The van der Waals surface area contributed by atoms with Crippen molar-refractivity contribution in [3.8, 4) is 23.1 Å². The predicted molar refractivity (Wildman–Crippen MR) is 105 cm³/mol. The number of ether oxygens (including phenoxy) is 1. The number of methoxy groups -OCH3 is 1. The van der Waals surface area contributed by atoms with Crippen molar-refractivity contribution in [2.24, 2.45) is 0 Å². The molecular formula is C19H17N5OS. The number of nitrogen functional groups attached to an aromatic ring is 1. The van der Waals surface area contributed by atoms with Crippen molar-refractivity contribution < 1.29 is 4.74 Å². The molecule has 130 valence electrons. The summed E-state index contributed by atoms with van der Waals surface area (Å²) >= 11 is 1.41. The van der Waals surface area contributed by atoms with Crippen molar-refractivity contribution in [2.75, 3.05) is 24.4 Å². The Labute approximate surface area is 156 Å². The van der Waals surface area contributed by atoms with Crippen LogP contribution in [0.15, 0.2) is 53.7 Å². The molecule has 2 aromatic carbocycles. The minimum Gasteiger partial charge on any atom is -0.497 e. The van der Waals surface area contributed by atoms with E-state index in [4.69, 9.17) is 10.5 Å². The molecule has 0 fully saturated rings. The van der Waals surface area contributed by atoms with Gasteiger partial charge in [-0.2, -0.15) is 5.26 Å². The number of benzene rings is 2. The van der Waals surface area contributed by atoms with Crippen molar-refractivity contribution in [2.45, 2.75) is 5.16 Å². The summed E-state index contributed by atoms with van der Waals surface area (Å²) in [5, 5.41) is 13.5. The Bertz CT molecular complexity index is 984. The third-order valence-corrected chi connectivity index (χ3v) is 4.22. The van der Waals surface area contributed by atoms with E-state index < -0.39 is 0 Å². The first kappa shape index (κ1) is 17.6. The smallest absolute Gasteiger partial charge is 0.189 e. The van der Waals surface area contributed by atoms with Gasteiger partial charge in [0.25, 0.3) is 0 Å². The number of nitriles is 1. The van der Waals surface area contributed by atoms with Crippen LogP contribution in [0.2, 0.25) is 0 Å². The first-order chi connectivity index (χ1) is 12.6. The molecule has 0 aliphatic carbocycles. The number of nitrogens with one attached hydrogen (secondary N) is 1. The monoisotopic (exact) mass is 363 g/mol. The van der Waals surface area contributed by atoms with E-state index in [1.807, 2.05) is 42.7 Å². The number of hydrogen-bond donors (Lipinski definition) is 2. The fourth-order valence-electron chi connectivity index (χ4n) is 2.46. The van der Waals surface area contributed by atoms with Crippen LogP contribution in [0, 0.1) is 11.3 Å². The first-order valence-corrected chi connectivity index (χ1v) is 9.00. The topological polar surface area (TPSA) is 96.8 Å². The molecule has 0 aliphatic rings. The maximum Gasteiger partial charge on any atom is 0.189 e. The lowest BCUT2D eigenvalue weighted by molar-refractivity contribution is 0.415. The van der Waals surface area contributed by atoms with Crippen LogP contribution in [0.5, 0.6) is 5.75 Å². The SMILES string of the molecule is COc1cccc(Nc2nc(SC)nc(-c3cccc(N)c3)c2C#N)c1. The molecule has 3 aromatic rings. The van der Waals surface area contributed by atoms with Gasteiger partial charge in [0.1, 0.15) is 17.4 Å². The Balaban J connectivity index is 2.12. The van der Waals surface area contributed by atoms with Crippen molar-refractivity contribution in [1.82, 2.24) is 9.97 Å². The van der Waals surface area contributed by atoms with Gasteiger partial charge in [-0.3, -0.25) is 0 Å². The Kier molecular flexibility index (Phi) is 5.25. The zero-order valence-electron chi connectivity index (χ0n) is 14.4. The largest absolute Gasteiger partial charge is 0.497 e. The van der Waals surface area contributed by atoms with E-state index in [1.165, 1.54) is 11.8 Å². The molecule has 0 saturated heterocycles. The Morgan fingerprint density at radius 2 is 1.96 bits per heavy atom. The van der Waals surface area contributed by atoms with Gasteiger partial charge in [-0.05, 0) is 30.5 Å². The minimum absolute atomic E-state index is 0.358. The van der Waals surface area contributed by atoms with E-state index in [0.29, 0.717) is 33.7 Å². The number of thioether (sulfide) groups is 1. The zero-order chi connectivity index (χ0) is 18.5. The third-order valence-electron chi connectivity index (χ3n) is 3.68. The average Bonchev–Trinajstić information content (AvgIpc) is 2.67. The quantitative estimate of drug-likeness (QED) is 0.400. The summed E-state index contributed by atoms with van der Waals surface area (Å²) in [6.45, 7) is 0. The molecule has 3 rings (SSSR count). The number of nitrogens with zero attached hydrogens (tertiary/aromatic N) is 3. The normalized spacial score (nSPS) is 10.2. The number of hydrogen-bond acceptors (Lipinski definition) is 7. The summed E-state index contributed by atoms with van der Waals surface area (Å²) in [5.74, 6) is 1.15. The lowest BCUT2D eigenvalue weighted by Crippen LogP contribution is -2.03. The predicted octanol–water partition coefficient (Wildman–Crippen LogP) is 4.07. The first-order valence-electron chi connectivity index (χ1n) is 7.77. The van der Waals surface area contributed by atoms with Gasteiger partial charge in [0, 0.05) is 23.0 Å². The number of nitrogens with two attached hydrogens (primary N) is 1. The van der Waals surface area contributed by atoms with Gasteiger partial charge in [-0.1, -0.05) is 30.0 Å². The van der Waals surface area contributed by atoms with E-state index in [1.54, 1.807) is 19.2 Å². The minimum atomic E-state index is 0.358. The number of aromatic nitrogens is 2.